The van der Waals surface area contributed by atoms with Crippen LogP contribution in [-0.2, 0) is 9.59 Å². The first-order valence-electron chi connectivity index (χ1n) is 13.8. The van der Waals surface area contributed by atoms with Crippen LogP contribution in [0.25, 0.3) is 11.1 Å². The van der Waals surface area contributed by atoms with Gasteiger partial charge in [-0.2, -0.15) is 5.10 Å². The second-order valence-corrected chi connectivity index (χ2v) is 11.6. The molecule has 2 aliphatic carbocycles. The van der Waals surface area contributed by atoms with Crippen LogP contribution in [0, 0.1) is 5.92 Å². The lowest BCUT2D eigenvalue weighted by atomic mass is 9.80. The molecule has 7 rings (SSSR count). The van der Waals surface area contributed by atoms with Gasteiger partial charge in [-0.3, -0.25) is 34.1 Å². The van der Waals surface area contributed by atoms with E-state index in [9.17, 15) is 19.2 Å². The molecule has 9 nitrogen and oxygen atoms in total. The molecule has 3 fully saturated rings. The van der Waals surface area contributed by atoms with Gasteiger partial charge in [0.05, 0.1) is 22.9 Å². The zero-order valence-electron chi connectivity index (χ0n) is 21.7. The maximum Gasteiger partial charge on any atom is 0.262 e. The number of fused-ring (bicyclic) bond motifs is 1. The van der Waals surface area contributed by atoms with Crippen molar-refractivity contribution in [2.24, 2.45) is 5.92 Å². The van der Waals surface area contributed by atoms with E-state index in [1.165, 1.54) is 12.8 Å². The summed E-state index contributed by atoms with van der Waals surface area (Å²) < 4.78 is 2.12. The number of rotatable bonds is 7. The van der Waals surface area contributed by atoms with Crippen LogP contribution in [0.1, 0.15) is 76.9 Å². The van der Waals surface area contributed by atoms with Crippen molar-refractivity contribution in [3.63, 3.8) is 0 Å². The van der Waals surface area contributed by atoms with Gasteiger partial charge in [0.25, 0.3) is 11.8 Å². The number of hydrogen-bond donors (Lipinski definition) is 2. The molecule has 10 heteroatoms. The third-order valence-corrected chi connectivity index (χ3v) is 8.84. The van der Waals surface area contributed by atoms with E-state index in [1.54, 1.807) is 18.2 Å². The first kappa shape index (κ1) is 25.0. The predicted molar refractivity (Wildman–Crippen MR) is 148 cm³/mol. The van der Waals surface area contributed by atoms with Crippen molar-refractivity contribution in [3.05, 3.63) is 70.5 Å². The number of benzene rings is 2. The predicted octanol–water partition coefficient (Wildman–Crippen LogP) is 4.55. The van der Waals surface area contributed by atoms with Crippen LogP contribution in [-0.4, -0.2) is 50.9 Å². The van der Waals surface area contributed by atoms with Gasteiger partial charge in [-0.05, 0) is 62.3 Å². The molecule has 0 bridgehead atoms. The van der Waals surface area contributed by atoms with E-state index < -0.39 is 23.8 Å². The monoisotopic (exact) mass is 557 g/mol. The Kier molecular flexibility index (Phi) is 6.00. The molecule has 0 radical (unpaired) electrons. The molecule has 0 spiro atoms. The second-order valence-electron chi connectivity index (χ2n) is 11.2. The highest BCUT2D eigenvalue weighted by molar-refractivity contribution is 6.33. The van der Waals surface area contributed by atoms with Crippen LogP contribution in [0.2, 0.25) is 5.02 Å². The van der Waals surface area contributed by atoms with Crippen LogP contribution < -0.4 is 10.6 Å². The summed E-state index contributed by atoms with van der Waals surface area (Å²) in [5, 5.41) is 11.4. The molecule has 4 amide bonds. The van der Waals surface area contributed by atoms with Crippen molar-refractivity contribution in [2.75, 3.05) is 11.9 Å². The highest BCUT2D eigenvalue weighted by Gasteiger charge is 2.44. The molecule has 3 heterocycles. The van der Waals surface area contributed by atoms with Gasteiger partial charge in [-0.15, -0.1) is 0 Å². The van der Waals surface area contributed by atoms with Gasteiger partial charge in [0, 0.05) is 46.9 Å². The summed E-state index contributed by atoms with van der Waals surface area (Å²) in [6.45, 7) is 0.738. The Morgan fingerprint density at radius 3 is 2.45 bits per heavy atom. The number of nitrogens with one attached hydrogen (secondary N) is 2. The maximum absolute atomic E-state index is 13.1. The van der Waals surface area contributed by atoms with Crippen molar-refractivity contribution in [1.82, 2.24) is 20.0 Å². The quantitative estimate of drug-likeness (QED) is 0.412. The highest BCUT2D eigenvalue weighted by atomic mass is 35.5. The summed E-state index contributed by atoms with van der Waals surface area (Å²) in [6.07, 6.45) is 6.72. The Morgan fingerprint density at radius 1 is 0.925 bits per heavy atom. The van der Waals surface area contributed by atoms with Crippen LogP contribution in [0.4, 0.5) is 5.69 Å². The first-order valence-corrected chi connectivity index (χ1v) is 14.2. The third kappa shape index (κ3) is 4.29. The molecular formula is C30H28ClN5O4. The molecule has 1 aromatic heterocycles. The Hall–Kier alpha value is -3.98. The van der Waals surface area contributed by atoms with Crippen molar-refractivity contribution in [3.8, 4) is 11.1 Å². The summed E-state index contributed by atoms with van der Waals surface area (Å²) in [7, 11) is 0. The summed E-state index contributed by atoms with van der Waals surface area (Å²) in [5.74, 6) is -1.02. The summed E-state index contributed by atoms with van der Waals surface area (Å²) in [4.78, 5) is 50.8. The molecule has 2 aromatic carbocycles. The Morgan fingerprint density at radius 2 is 1.70 bits per heavy atom. The molecule has 1 unspecified atom stereocenters. The maximum atomic E-state index is 13.1. The number of imide groups is 2. The highest BCUT2D eigenvalue weighted by Crippen LogP contribution is 2.46. The van der Waals surface area contributed by atoms with E-state index in [2.05, 4.69) is 27.6 Å². The number of amides is 4. The lowest BCUT2D eigenvalue weighted by Crippen LogP contribution is -2.54. The smallest absolute Gasteiger partial charge is 0.262 e. The molecule has 3 aromatic rings. The number of carbonyl (C=O) groups is 4. The molecule has 2 saturated carbocycles. The normalized spacial score (nSPS) is 24.1. The van der Waals surface area contributed by atoms with Crippen LogP contribution >= 0.6 is 11.6 Å². The molecule has 204 valence electrons. The van der Waals surface area contributed by atoms with E-state index in [-0.39, 0.29) is 29.9 Å². The third-order valence-electron chi connectivity index (χ3n) is 8.51. The molecule has 1 atom stereocenters. The average Bonchev–Trinajstić information content (AvgIpc) is 3.63. The number of halogens is 1. The van der Waals surface area contributed by atoms with Crippen LogP contribution in [0.5, 0.6) is 0 Å². The molecule has 1 saturated heterocycles. The van der Waals surface area contributed by atoms with Gasteiger partial charge < -0.3 is 5.32 Å². The standard InChI is InChI=1S/C30H28ClN5O4/c31-24-4-2-1-3-20(24)23-15-35(34-27(23)17-5-6-17)19-11-16(12-19)14-32-18-7-8-21-22(13-18)30(40)36(29(21)39)25-9-10-26(37)33-28(25)38/h1-4,7-8,13,15-17,19,25,32H,5-6,9-12,14H2,(H,33,37,38)/t16-,19-,25?. The average molecular weight is 558 g/mol. The molecule has 2 N–H and O–H groups in total. The minimum atomic E-state index is -0.963. The fourth-order valence-electron chi connectivity index (χ4n) is 6.06. The van der Waals surface area contributed by atoms with Crippen molar-refractivity contribution in [1.29, 1.82) is 0 Å². The molecule has 2 aliphatic heterocycles. The van der Waals surface area contributed by atoms with E-state index in [4.69, 9.17) is 16.7 Å². The van der Waals surface area contributed by atoms with Crippen molar-refractivity contribution in [2.45, 2.75) is 56.5 Å². The zero-order valence-corrected chi connectivity index (χ0v) is 22.5. The van der Waals surface area contributed by atoms with Crippen molar-refractivity contribution < 1.29 is 19.2 Å². The first-order chi connectivity index (χ1) is 19.4. The number of carbonyl (C=O) groups excluding carboxylic acids is 4. The number of anilines is 1. The van der Waals surface area contributed by atoms with E-state index in [0.717, 1.165) is 51.8 Å². The van der Waals surface area contributed by atoms with Crippen LogP contribution in [0.15, 0.2) is 48.7 Å². The minimum absolute atomic E-state index is 0.0980. The van der Waals surface area contributed by atoms with E-state index in [1.807, 2.05) is 18.2 Å². The number of nitrogens with zero attached hydrogens (tertiary/aromatic N) is 3. The fraction of sp³-hybridized carbons (Fsp3) is 0.367. The van der Waals surface area contributed by atoms with Gasteiger partial charge in [-0.1, -0.05) is 29.8 Å². The lowest BCUT2D eigenvalue weighted by Gasteiger charge is -2.35. The molecule has 4 aliphatic rings. The SMILES string of the molecule is O=C1CCC(N2C(=O)c3ccc(NC[C@H]4C[C@H](n5cc(-c6ccccc6Cl)c(C6CC6)n5)C4)cc3C2=O)C(=O)N1. The fourth-order valence-corrected chi connectivity index (χ4v) is 6.30. The molecular weight excluding hydrogens is 530 g/mol. The number of aromatic nitrogens is 2. The Balaban J connectivity index is 0.993. The van der Waals surface area contributed by atoms with Crippen molar-refractivity contribution >= 4 is 40.9 Å². The number of piperidine rings is 1. The van der Waals surface area contributed by atoms with Gasteiger partial charge in [-0.25, -0.2) is 0 Å². The Labute approximate surface area is 235 Å². The lowest BCUT2D eigenvalue weighted by molar-refractivity contribution is -0.136. The second kappa shape index (κ2) is 9.59. The van der Waals surface area contributed by atoms with Crippen LogP contribution in [0.3, 0.4) is 0 Å². The van der Waals surface area contributed by atoms with Gasteiger partial charge in [0.15, 0.2) is 0 Å². The number of hydrogen-bond acceptors (Lipinski definition) is 6. The largest absolute Gasteiger partial charge is 0.385 e. The minimum Gasteiger partial charge on any atom is -0.385 e. The topological polar surface area (TPSA) is 113 Å². The summed E-state index contributed by atoms with van der Waals surface area (Å²) in [6, 6.07) is 12.4. The Bertz CT molecular complexity index is 1570. The van der Waals surface area contributed by atoms with E-state index >= 15 is 0 Å². The van der Waals surface area contributed by atoms with E-state index in [0.29, 0.717) is 17.9 Å². The van der Waals surface area contributed by atoms with Gasteiger partial charge >= 0.3 is 0 Å². The zero-order chi connectivity index (χ0) is 27.5. The van der Waals surface area contributed by atoms with Gasteiger partial charge in [0.1, 0.15) is 6.04 Å². The summed E-state index contributed by atoms with van der Waals surface area (Å²) in [5.41, 5.74) is 4.64. The summed E-state index contributed by atoms with van der Waals surface area (Å²) >= 11 is 6.51. The van der Waals surface area contributed by atoms with Gasteiger partial charge in [0.2, 0.25) is 11.8 Å². The molecule has 40 heavy (non-hydrogen) atoms.